The predicted octanol–water partition coefficient (Wildman–Crippen LogP) is 3.71. The Morgan fingerprint density at radius 2 is 1.84 bits per heavy atom. The molecule has 4 aromatic rings. The zero-order chi connectivity index (χ0) is 22.0. The molecule has 0 bridgehead atoms. The first-order valence-electron chi connectivity index (χ1n) is 9.73. The van der Waals surface area contributed by atoms with Gasteiger partial charge in [0, 0.05) is 24.4 Å². The number of hydrogen-bond donors (Lipinski definition) is 1. The van der Waals surface area contributed by atoms with Crippen LogP contribution in [0.2, 0.25) is 0 Å². The van der Waals surface area contributed by atoms with Gasteiger partial charge in [-0.15, -0.1) is 0 Å². The van der Waals surface area contributed by atoms with Crippen LogP contribution in [0.3, 0.4) is 0 Å². The molecule has 1 atom stereocenters. The van der Waals surface area contributed by atoms with Crippen LogP contribution in [-0.4, -0.2) is 46.0 Å². The molecular weight excluding hydrogens is 400 g/mol. The molecule has 0 fully saturated rings. The Bertz CT molecular complexity index is 1220. The third-order valence-electron chi connectivity index (χ3n) is 5.04. The number of nitrogens with zero attached hydrogens (tertiary/aromatic N) is 4. The Hall–Kier alpha value is -3.65. The minimum atomic E-state index is -0.362. The summed E-state index contributed by atoms with van der Waals surface area (Å²) in [6.07, 6.45) is 1.61. The van der Waals surface area contributed by atoms with Gasteiger partial charge in [0.05, 0.1) is 11.7 Å². The third kappa shape index (κ3) is 4.44. The lowest BCUT2D eigenvalue weighted by molar-refractivity contribution is 0.0936. The summed E-state index contributed by atoms with van der Waals surface area (Å²) in [6.45, 7) is 0.279. The smallest absolute Gasteiger partial charge is 0.271 e. The summed E-state index contributed by atoms with van der Waals surface area (Å²) in [7, 11) is 3.73. The highest BCUT2D eigenvalue weighted by Gasteiger charge is 2.19. The minimum Gasteiger partial charge on any atom is -0.349 e. The maximum absolute atomic E-state index is 13.6. The fourth-order valence-electron chi connectivity index (χ4n) is 3.44. The summed E-state index contributed by atoms with van der Waals surface area (Å²) in [5, 5.41) is 7.27. The van der Waals surface area contributed by atoms with Gasteiger partial charge in [-0.25, -0.2) is 18.3 Å². The van der Waals surface area contributed by atoms with E-state index in [-0.39, 0.29) is 35.8 Å². The van der Waals surface area contributed by atoms with Crippen LogP contribution in [0, 0.1) is 11.6 Å². The van der Waals surface area contributed by atoms with E-state index in [1.807, 2.05) is 25.1 Å². The number of benzene rings is 2. The standard InChI is InChI=1S/C23H21F2N5O/c1-29(2)21(16-4-3-5-18(25)12-16)14-27-23(31)19-13-22-26-11-10-20(30(22)28-19)15-6-8-17(24)9-7-15/h3-13,21H,14H2,1-2H3,(H,27,31). The molecule has 6 nitrogen and oxygen atoms in total. The van der Waals surface area contributed by atoms with Gasteiger partial charge in [-0.2, -0.15) is 5.10 Å². The van der Waals surface area contributed by atoms with Gasteiger partial charge in [0.25, 0.3) is 5.91 Å². The molecule has 31 heavy (non-hydrogen) atoms. The number of hydrogen-bond acceptors (Lipinski definition) is 4. The fourth-order valence-corrected chi connectivity index (χ4v) is 3.44. The summed E-state index contributed by atoms with van der Waals surface area (Å²) in [5.41, 5.74) is 2.92. The van der Waals surface area contributed by atoms with E-state index in [2.05, 4.69) is 15.4 Å². The number of carbonyl (C=O) groups excluding carboxylic acids is 1. The van der Waals surface area contributed by atoms with Crippen LogP contribution in [0.4, 0.5) is 8.78 Å². The number of nitrogens with one attached hydrogen (secondary N) is 1. The van der Waals surface area contributed by atoms with Crippen molar-refractivity contribution in [1.82, 2.24) is 24.8 Å². The molecule has 1 amide bonds. The Morgan fingerprint density at radius 1 is 1.06 bits per heavy atom. The van der Waals surface area contributed by atoms with E-state index in [1.165, 1.54) is 24.3 Å². The molecule has 8 heteroatoms. The van der Waals surface area contributed by atoms with Gasteiger partial charge in [-0.05, 0) is 62.1 Å². The third-order valence-corrected chi connectivity index (χ3v) is 5.04. The first-order chi connectivity index (χ1) is 14.9. The van der Waals surface area contributed by atoms with Crippen molar-refractivity contribution in [3.8, 4) is 11.3 Å². The lowest BCUT2D eigenvalue weighted by Crippen LogP contribution is -2.34. The number of likely N-dealkylation sites (N-methyl/N-ethyl adjacent to an activating group) is 1. The Kier molecular flexibility index (Phi) is 5.73. The predicted molar refractivity (Wildman–Crippen MR) is 114 cm³/mol. The molecule has 1 N–H and O–H groups in total. The topological polar surface area (TPSA) is 62.5 Å². The van der Waals surface area contributed by atoms with Crippen molar-refractivity contribution in [3.63, 3.8) is 0 Å². The summed E-state index contributed by atoms with van der Waals surface area (Å²) in [4.78, 5) is 19.0. The lowest BCUT2D eigenvalue weighted by atomic mass is 10.1. The van der Waals surface area contributed by atoms with E-state index in [4.69, 9.17) is 0 Å². The molecule has 4 rings (SSSR count). The van der Waals surface area contributed by atoms with Crippen molar-refractivity contribution in [2.24, 2.45) is 0 Å². The van der Waals surface area contributed by atoms with Gasteiger partial charge in [0.2, 0.25) is 0 Å². The van der Waals surface area contributed by atoms with Gasteiger partial charge < -0.3 is 10.2 Å². The van der Waals surface area contributed by atoms with Crippen LogP contribution in [0.15, 0.2) is 66.9 Å². The van der Waals surface area contributed by atoms with Crippen molar-refractivity contribution < 1.29 is 13.6 Å². The van der Waals surface area contributed by atoms with Crippen LogP contribution in [0.25, 0.3) is 16.9 Å². The maximum Gasteiger partial charge on any atom is 0.271 e. The first kappa shape index (κ1) is 20.6. The molecule has 0 saturated heterocycles. The SMILES string of the molecule is CN(C)C(CNC(=O)c1cc2nccc(-c3ccc(F)cc3)n2n1)c1cccc(F)c1. The van der Waals surface area contributed by atoms with Crippen molar-refractivity contribution in [2.75, 3.05) is 20.6 Å². The molecule has 0 spiro atoms. The highest BCUT2D eigenvalue weighted by molar-refractivity contribution is 5.93. The van der Waals surface area contributed by atoms with Crippen molar-refractivity contribution in [2.45, 2.75) is 6.04 Å². The molecule has 0 radical (unpaired) electrons. The van der Waals surface area contributed by atoms with Gasteiger partial charge in [0.15, 0.2) is 11.3 Å². The van der Waals surface area contributed by atoms with Crippen molar-refractivity contribution in [3.05, 3.63) is 89.8 Å². The van der Waals surface area contributed by atoms with Crippen molar-refractivity contribution >= 4 is 11.6 Å². The van der Waals surface area contributed by atoms with E-state index in [9.17, 15) is 13.6 Å². The van der Waals surface area contributed by atoms with E-state index < -0.39 is 0 Å². The highest BCUT2D eigenvalue weighted by atomic mass is 19.1. The second kappa shape index (κ2) is 8.61. The quantitative estimate of drug-likeness (QED) is 0.516. The van der Waals surface area contributed by atoms with Crippen LogP contribution in [0.1, 0.15) is 22.1 Å². The number of aromatic nitrogens is 3. The second-order valence-electron chi connectivity index (χ2n) is 7.38. The van der Waals surface area contributed by atoms with E-state index in [1.54, 1.807) is 41.0 Å². The summed E-state index contributed by atoms with van der Waals surface area (Å²) in [6, 6.07) is 15.5. The van der Waals surface area contributed by atoms with Crippen LogP contribution in [0.5, 0.6) is 0 Å². The van der Waals surface area contributed by atoms with Gasteiger partial charge >= 0.3 is 0 Å². The zero-order valence-electron chi connectivity index (χ0n) is 17.1. The molecule has 0 aliphatic carbocycles. The molecule has 1 unspecified atom stereocenters. The zero-order valence-corrected chi connectivity index (χ0v) is 17.1. The van der Waals surface area contributed by atoms with Crippen LogP contribution >= 0.6 is 0 Å². The van der Waals surface area contributed by atoms with Crippen LogP contribution in [-0.2, 0) is 0 Å². The van der Waals surface area contributed by atoms with E-state index in [0.29, 0.717) is 11.3 Å². The monoisotopic (exact) mass is 421 g/mol. The van der Waals surface area contributed by atoms with E-state index >= 15 is 0 Å². The Labute approximate surface area is 178 Å². The summed E-state index contributed by atoms with van der Waals surface area (Å²) >= 11 is 0. The van der Waals surface area contributed by atoms with Crippen LogP contribution < -0.4 is 5.32 Å². The molecule has 0 aliphatic heterocycles. The number of rotatable bonds is 6. The van der Waals surface area contributed by atoms with Gasteiger partial charge in [0.1, 0.15) is 11.6 Å². The molecule has 0 saturated carbocycles. The Morgan fingerprint density at radius 3 is 2.55 bits per heavy atom. The molecule has 2 aromatic carbocycles. The normalized spacial score (nSPS) is 12.3. The fraction of sp³-hybridized carbons (Fsp3) is 0.174. The molecule has 0 aliphatic rings. The van der Waals surface area contributed by atoms with Gasteiger partial charge in [-0.1, -0.05) is 12.1 Å². The van der Waals surface area contributed by atoms with E-state index in [0.717, 1.165) is 11.1 Å². The number of carbonyl (C=O) groups is 1. The Balaban J connectivity index is 1.56. The molecule has 2 aromatic heterocycles. The summed E-state index contributed by atoms with van der Waals surface area (Å²) < 4.78 is 28.4. The first-order valence-corrected chi connectivity index (χ1v) is 9.73. The molecular formula is C23H21F2N5O. The number of fused-ring (bicyclic) bond motifs is 1. The molecule has 2 heterocycles. The lowest BCUT2D eigenvalue weighted by Gasteiger charge is -2.25. The summed E-state index contributed by atoms with van der Waals surface area (Å²) in [5.74, 6) is -1.02. The maximum atomic E-state index is 13.6. The van der Waals surface area contributed by atoms with Gasteiger partial charge in [-0.3, -0.25) is 4.79 Å². The highest BCUT2D eigenvalue weighted by Crippen LogP contribution is 2.21. The average molecular weight is 421 g/mol. The average Bonchev–Trinajstić information content (AvgIpc) is 3.19. The molecule has 158 valence electrons. The number of amides is 1. The minimum absolute atomic E-state index is 0.204. The second-order valence-corrected chi connectivity index (χ2v) is 7.38. The largest absolute Gasteiger partial charge is 0.349 e. The van der Waals surface area contributed by atoms with Crippen molar-refractivity contribution in [1.29, 1.82) is 0 Å². The number of halogens is 2.